The lowest BCUT2D eigenvalue weighted by molar-refractivity contribution is -0.119. The van der Waals surface area contributed by atoms with Crippen molar-refractivity contribution in [3.05, 3.63) is 78.4 Å². The highest BCUT2D eigenvalue weighted by Crippen LogP contribution is 2.29. The van der Waals surface area contributed by atoms with Gasteiger partial charge in [0, 0.05) is 18.7 Å². The lowest BCUT2D eigenvalue weighted by Gasteiger charge is -2.15. The maximum atomic E-state index is 14.9. The lowest BCUT2D eigenvalue weighted by atomic mass is 10.0. The van der Waals surface area contributed by atoms with Gasteiger partial charge in [0.05, 0.1) is 36.4 Å². The summed E-state index contributed by atoms with van der Waals surface area (Å²) < 4.78 is 47.4. The number of ether oxygens (including phenoxy) is 1. The molecule has 35 heavy (non-hydrogen) atoms. The number of hydrogen-bond acceptors (Lipinski definition) is 6. The fourth-order valence-corrected chi connectivity index (χ4v) is 4.82. The Labute approximate surface area is 202 Å². The summed E-state index contributed by atoms with van der Waals surface area (Å²) in [5.74, 6) is -1.03. The van der Waals surface area contributed by atoms with Gasteiger partial charge in [0.1, 0.15) is 11.9 Å². The summed E-state index contributed by atoms with van der Waals surface area (Å²) in [5.41, 5.74) is 2.11. The van der Waals surface area contributed by atoms with Gasteiger partial charge < -0.3 is 10.1 Å². The Balaban J connectivity index is 1.43. The summed E-state index contributed by atoms with van der Waals surface area (Å²) in [7, 11) is -3.64. The number of carbonyl (C=O) groups excluding carboxylic acids is 2. The van der Waals surface area contributed by atoms with Crippen LogP contribution in [0.5, 0.6) is 0 Å². The van der Waals surface area contributed by atoms with Crippen LogP contribution in [0.2, 0.25) is 0 Å². The van der Waals surface area contributed by atoms with Crippen LogP contribution in [0.4, 0.5) is 20.6 Å². The van der Waals surface area contributed by atoms with E-state index in [-0.39, 0.29) is 24.7 Å². The number of halogens is 1. The quantitative estimate of drug-likeness (QED) is 0.492. The van der Waals surface area contributed by atoms with Gasteiger partial charge >= 0.3 is 6.09 Å². The van der Waals surface area contributed by atoms with Crippen LogP contribution in [-0.2, 0) is 25.3 Å². The molecule has 0 aliphatic carbocycles. The molecule has 0 spiro atoms. The second kappa shape index (κ2) is 10.1. The standard InChI is InChI=1S/C24H23FN4O5S/c1-16(30)27-13-21-14-29(24(31)34-21)20-8-9-22(23(25)11-20)18-6-4-17(5-7-18)15-35(32,33)28-19-3-2-10-26-12-19/h2-12,21,28H,13-15H2,1H3,(H,27,30)/t21-/m0/s1. The van der Waals surface area contributed by atoms with Gasteiger partial charge in [-0.3, -0.25) is 19.4 Å². The summed E-state index contributed by atoms with van der Waals surface area (Å²) in [6.07, 6.45) is 1.82. The molecule has 2 aromatic carbocycles. The molecule has 3 aromatic rings. The maximum Gasteiger partial charge on any atom is 0.414 e. The maximum absolute atomic E-state index is 14.9. The SMILES string of the molecule is CC(=O)NC[C@H]1CN(c2ccc(-c3ccc(CS(=O)(=O)Nc4cccnc4)cc3)c(F)c2)C(=O)O1. The second-order valence-electron chi connectivity index (χ2n) is 8.02. The first kappa shape index (κ1) is 24.1. The van der Waals surface area contributed by atoms with Crippen molar-refractivity contribution in [3.63, 3.8) is 0 Å². The van der Waals surface area contributed by atoms with Gasteiger partial charge in [0.2, 0.25) is 15.9 Å². The third-order valence-corrected chi connectivity index (χ3v) is 6.53. The number of cyclic esters (lactones) is 1. The molecule has 0 unspecified atom stereocenters. The molecule has 1 aromatic heterocycles. The number of aromatic nitrogens is 1. The van der Waals surface area contributed by atoms with E-state index in [2.05, 4.69) is 15.0 Å². The Morgan fingerprint density at radius 3 is 2.63 bits per heavy atom. The van der Waals surface area contributed by atoms with Gasteiger partial charge in [-0.05, 0) is 41.5 Å². The van der Waals surface area contributed by atoms with E-state index in [4.69, 9.17) is 4.74 Å². The molecule has 11 heteroatoms. The van der Waals surface area contributed by atoms with Crippen LogP contribution in [0.1, 0.15) is 12.5 Å². The number of nitrogens with one attached hydrogen (secondary N) is 2. The van der Waals surface area contributed by atoms with E-state index in [0.717, 1.165) is 0 Å². The average molecular weight is 499 g/mol. The van der Waals surface area contributed by atoms with Crippen molar-refractivity contribution in [2.45, 2.75) is 18.8 Å². The smallest absolute Gasteiger partial charge is 0.414 e. The first-order chi connectivity index (χ1) is 16.7. The van der Waals surface area contributed by atoms with E-state index >= 15 is 0 Å². The van der Waals surface area contributed by atoms with E-state index in [9.17, 15) is 22.4 Å². The minimum absolute atomic E-state index is 0.179. The van der Waals surface area contributed by atoms with Gasteiger partial charge in [-0.15, -0.1) is 0 Å². The number of pyridine rings is 1. The van der Waals surface area contributed by atoms with E-state index in [1.54, 1.807) is 54.7 Å². The summed E-state index contributed by atoms with van der Waals surface area (Å²) in [4.78, 5) is 28.4. The summed E-state index contributed by atoms with van der Waals surface area (Å²) >= 11 is 0. The van der Waals surface area contributed by atoms with Gasteiger partial charge in [0.25, 0.3) is 0 Å². The Hall–Kier alpha value is -3.99. The molecule has 1 saturated heterocycles. The van der Waals surface area contributed by atoms with Gasteiger partial charge in [-0.2, -0.15) is 0 Å². The van der Waals surface area contributed by atoms with Crippen molar-refractivity contribution in [1.29, 1.82) is 0 Å². The second-order valence-corrected chi connectivity index (χ2v) is 9.74. The predicted molar refractivity (Wildman–Crippen MR) is 129 cm³/mol. The molecule has 0 radical (unpaired) electrons. The van der Waals surface area contributed by atoms with Crippen LogP contribution in [0.15, 0.2) is 67.0 Å². The van der Waals surface area contributed by atoms with Crippen LogP contribution < -0.4 is 14.9 Å². The molecule has 2 heterocycles. The van der Waals surface area contributed by atoms with E-state index < -0.39 is 28.0 Å². The number of carbonyl (C=O) groups is 2. The van der Waals surface area contributed by atoms with Crippen molar-refractivity contribution >= 4 is 33.4 Å². The topological polar surface area (TPSA) is 118 Å². The Morgan fingerprint density at radius 1 is 1.20 bits per heavy atom. The Morgan fingerprint density at radius 2 is 1.97 bits per heavy atom. The molecular formula is C24H23FN4O5S. The number of hydrogen-bond donors (Lipinski definition) is 2. The van der Waals surface area contributed by atoms with Crippen molar-refractivity contribution < 1.29 is 27.1 Å². The van der Waals surface area contributed by atoms with Crippen LogP contribution in [0.25, 0.3) is 11.1 Å². The van der Waals surface area contributed by atoms with Gasteiger partial charge in [0.15, 0.2) is 0 Å². The largest absolute Gasteiger partial charge is 0.442 e. The fraction of sp³-hybridized carbons (Fsp3) is 0.208. The van der Waals surface area contributed by atoms with E-state index in [1.807, 2.05) is 0 Å². The molecule has 2 amide bonds. The van der Waals surface area contributed by atoms with Crippen LogP contribution >= 0.6 is 0 Å². The Kier molecular flexibility index (Phi) is 6.97. The fourth-order valence-electron chi connectivity index (χ4n) is 3.64. The third-order valence-electron chi connectivity index (χ3n) is 5.27. The van der Waals surface area contributed by atoms with Crippen LogP contribution in [-0.4, -0.2) is 44.6 Å². The summed E-state index contributed by atoms with van der Waals surface area (Å²) in [6, 6.07) is 14.2. The molecule has 1 fully saturated rings. The number of sulfonamides is 1. The van der Waals surface area contributed by atoms with Crippen molar-refractivity contribution in [1.82, 2.24) is 10.3 Å². The van der Waals surface area contributed by atoms with Crippen molar-refractivity contribution in [2.24, 2.45) is 0 Å². The molecule has 1 atom stereocenters. The van der Waals surface area contributed by atoms with E-state index in [1.165, 1.54) is 24.1 Å². The summed E-state index contributed by atoms with van der Waals surface area (Å²) in [5, 5.41) is 2.59. The van der Waals surface area contributed by atoms with Gasteiger partial charge in [-0.25, -0.2) is 17.6 Å². The molecule has 4 rings (SSSR count). The number of nitrogens with zero attached hydrogens (tertiary/aromatic N) is 2. The number of amides is 2. The molecule has 182 valence electrons. The monoisotopic (exact) mass is 498 g/mol. The molecular weight excluding hydrogens is 475 g/mol. The molecule has 0 saturated carbocycles. The molecule has 0 bridgehead atoms. The lowest BCUT2D eigenvalue weighted by Crippen LogP contribution is -2.33. The highest BCUT2D eigenvalue weighted by atomic mass is 32.2. The van der Waals surface area contributed by atoms with E-state index in [0.29, 0.717) is 28.1 Å². The normalized spacial score (nSPS) is 15.5. The van der Waals surface area contributed by atoms with Gasteiger partial charge in [-0.1, -0.05) is 24.3 Å². The minimum Gasteiger partial charge on any atom is -0.442 e. The van der Waals surface area contributed by atoms with Crippen LogP contribution in [0.3, 0.4) is 0 Å². The zero-order valence-electron chi connectivity index (χ0n) is 18.8. The predicted octanol–water partition coefficient (Wildman–Crippen LogP) is 3.29. The number of rotatable bonds is 8. The average Bonchev–Trinajstić information content (AvgIpc) is 3.19. The minimum atomic E-state index is -3.64. The molecule has 9 nitrogen and oxygen atoms in total. The number of benzene rings is 2. The summed E-state index contributed by atoms with van der Waals surface area (Å²) in [6.45, 7) is 1.74. The molecule has 1 aliphatic heterocycles. The van der Waals surface area contributed by atoms with Crippen LogP contribution in [0, 0.1) is 5.82 Å². The zero-order valence-corrected chi connectivity index (χ0v) is 19.6. The first-order valence-corrected chi connectivity index (χ1v) is 12.4. The molecule has 2 N–H and O–H groups in total. The highest BCUT2D eigenvalue weighted by Gasteiger charge is 2.32. The van der Waals surface area contributed by atoms with Crippen molar-refractivity contribution in [3.8, 4) is 11.1 Å². The number of anilines is 2. The highest BCUT2D eigenvalue weighted by molar-refractivity contribution is 7.91. The first-order valence-electron chi connectivity index (χ1n) is 10.7. The zero-order chi connectivity index (χ0) is 25.0. The van der Waals surface area contributed by atoms with Crippen molar-refractivity contribution in [2.75, 3.05) is 22.7 Å². The Bertz CT molecular complexity index is 1330. The third kappa shape index (κ3) is 6.12. The molecule has 1 aliphatic rings.